The van der Waals surface area contributed by atoms with Crippen LogP contribution in [0.25, 0.3) is 0 Å². The fourth-order valence-corrected chi connectivity index (χ4v) is 0.758. The maximum atomic E-state index is 11.0. The van der Waals surface area contributed by atoms with Crippen LogP contribution in [0.1, 0.15) is 16.2 Å². The fraction of sp³-hybridized carbons (Fsp3) is 0.429. The van der Waals surface area contributed by atoms with Crippen molar-refractivity contribution in [1.82, 2.24) is 10.5 Å². The van der Waals surface area contributed by atoms with Gasteiger partial charge in [-0.05, 0) is 0 Å². The minimum atomic E-state index is -0.263. The van der Waals surface area contributed by atoms with E-state index in [0.29, 0.717) is 12.4 Å². The highest BCUT2D eigenvalue weighted by Crippen LogP contribution is 2.03. The Balaban J connectivity index is 2.70. The molecule has 1 heterocycles. The molecule has 0 bridgehead atoms. The Hall–Kier alpha value is -1.36. The average Bonchev–Trinajstić information content (AvgIpc) is 2.52. The molecule has 66 valence electrons. The second-order valence-electron chi connectivity index (χ2n) is 2.19. The van der Waals surface area contributed by atoms with Crippen LogP contribution in [-0.2, 0) is 11.3 Å². The molecule has 1 amide bonds. The number of ether oxygens (including phenoxy) is 1. The summed E-state index contributed by atoms with van der Waals surface area (Å²) in [6.45, 7) is 0.323. The predicted molar refractivity (Wildman–Crippen MR) is 40.6 cm³/mol. The highest BCUT2D eigenvalue weighted by Gasteiger charge is 2.09. The average molecular weight is 170 g/mol. The predicted octanol–water partition coefficient (Wildman–Crippen LogP) is 0.181. The van der Waals surface area contributed by atoms with Gasteiger partial charge in [-0.15, -0.1) is 0 Å². The van der Waals surface area contributed by atoms with Crippen LogP contribution >= 0.6 is 0 Å². The molecule has 0 aliphatic heterocycles. The number of rotatable bonds is 3. The molecule has 0 fully saturated rings. The lowest BCUT2D eigenvalue weighted by Gasteiger charge is -1.89. The fourth-order valence-electron chi connectivity index (χ4n) is 0.758. The maximum absolute atomic E-state index is 11.0. The molecule has 1 aromatic heterocycles. The molecule has 0 aromatic carbocycles. The molecular weight excluding hydrogens is 160 g/mol. The third-order valence-electron chi connectivity index (χ3n) is 1.31. The zero-order valence-corrected chi connectivity index (χ0v) is 6.96. The molecular formula is C7H10N2O3. The van der Waals surface area contributed by atoms with Crippen LogP contribution in [-0.4, -0.2) is 25.2 Å². The van der Waals surface area contributed by atoms with E-state index < -0.39 is 0 Å². The number of carbonyl (C=O) groups excluding carboxylic acids is 1. The summed E-state index contributed by atoms with van der Waals surface area (Å²) in [5.74, 6) is 0.275. The smallest absolute Gasteiger partial charge is 0.273 e. The van der Waals surface area contributed by atoms with Crippen molar-refractivity contribution < 1.29 is 14.1 Å². The van der Waals surface area contributed by atoms with Crippen molar-refractivity contribution >= 4 is 5.91 Å². The van der Waals surface area contributed by atoms with Gasteiger partial charge in [-0.3, -0.25) is 4.79 Å². The van der Waals surface area contributed by atoms with Crippen LogP contribution in [0.3, 0.4) is 0 Å². The highest BCUT2D eigenvalue weighted by atomic mass is 16.5. The highest BCUT2D eigenvalue weighted by molar-refractivity contribution is 5.91. The summed E-state index contributed by atoms with van der Waals surface area (Å²) in [5.41, 5.74) is 0.268. The van der Waals surface area contributed by atoms with Gasteiger partial charge in [-0.25, -0.2) is 0 Å². The van der Waals surface area contributed by atoms with Crippen molar-refractivity contribution in [2.75, 3.05) is 14.2 Å². The first-order valence-electron chi connectivity index (χ1n) is 3.44. The molecule has 1 N–H and O–H groups in total. The Morgan fingerprint density at radius 3 is 3.17 bits per heavy atom. The Morgan fingerprint density at radius 1 is 1.83 bits per heavy atom. The van der Waals surface area contributed by atoms with Crippen molar-refractivity contribution in [2.45, 2.75) is 6.61 Å². The minimum absolute atomic E-state index is 0.263. The maximum Gasteiger partial charge on any atom is 0.273 e. The van der Waals surface area contributed by atoms with Gasteiger partial charge < -0.3 is 14.6 Å². The van der Waals surface area contributed by atoms with Crippen LogP contribution in [0.5, 0.6) is 0 Å². The van der Waals surface area contributed by atoms with E-state index in [0.717, 1.165) is 0 Å². The molecule has 0 unspecified atom stereocenters. The Labute approximate surface area is 69.7 Å². The number of nitrogens with zero attached hydrogens (tertiary/aromatic N) is 1. The Bertz CT molecular complexity index is 269. The topological polar surface area (TPSA) is 64.4 Å². The number of amides is 1. The SMILES string of the molecule is CNC(=O)c1cc(COC)on1. The molecule has 1 rings (SSSR count). The van der Waals surface area contributed by atoms with Crippen molar-refractivity contribution in [3.8, 4) is 0 Å². The summed E-state index contributed by atoms with van der Waals surface area (Å²) in [7, 11) is 3.08. The summed E-state index contributed by atoms with van der Waals surface area (Å²) < 4.78 is 9.58. The number of hydrogen-bond acceptors (Lipinski definition) is 4. The summed E-state index contributed by atoms with van der Waals surface area (Å²) in [5, 5.41) is 5.97. The van der Waals surface area contributed by atoms with Gasteiger partial charge in [0.15, 0.2) is 11.5 Å². The standard InChI is InChI=1S/C7H10N2O3/c1-8-7(10)6-3-5(4-11-2)12-9-6/h3H,4H2,1-2H3,(H,8,10). The van der Waals surface area contributed by atoms with Gasteiger partial charge in [0.25, 0.3) is 5.91 Å². The summed E-state index contributed by atoms with van der Waals surface area (Å²) in [6.07, 6.45) is 0. The van der Waals surface area contributed by atoms with Crippen LogP contribution < -0.4 is 5.32 Å². The lowest BCUT2D eigenvalue weighted by atomic mass is 10.3. The zero-order valence-electron chi connectivity index (χ0n) is 6.96. The first kappa shape index (κ1) is 8.73. The van der Waals surface area contributed by atoms with Crippen LogP contribution in [0.4, 0.5) is 0 Å². The molecule has 12 heavy (non-hydrogen) atoms. The lowest BCUT2D eigenvalue weighted by Crippen LogP contribution is -2.17. The summed E-state index contributed by atoms with van der Waals surface area (Å²) in [6, 6.07) is 1.54. The molecule has 0 spiro atoms. The minimum Gasteiger partial charge on any atom is -0.377 e. The van der Waals surface area contributed by atoms with E-state index in [4.69, 9.17) is 9.26 Å². The van der Waals surface area contributed by atoms with Gasteiger partial charge in [-0.2, -0.15) is 0 Å². The largest absolute Gasteiger partial charge is 0.377 e. The quantitative estimate of drug-likeness (QED) is 0.702. The molecule has 0 saturated carbocycles. The molecule has 0 atom stereocenters. The van der Waals surface area contributed by atoms with E-state index in [9.17, 15) is 4.79 Å². The number of aromatic nitrogens is 1. The third kappa shape index (κ3) is 1.82. The van der Waals surface area contributed by atoms with Crippen molar-refractivity contribution in [2.24, 2.45) is 0 Å². The van der Waals surface area contributed by atoms with Crippen molar-refractivity contribution in [3.63, 3.8) is 0 Å². The van der Waals surface area contributed by atoms with E-state index in [1.54, 1.807) is 13.2 Å². The van der Waals surface area contributed by atoms with E-state index in [1.807, 2.05) is 0 Å². The van der Waals surface area contributed by atoms with Gasteiger partial charge >= 0.3 is 0 Å². The molecule has 0 radical (unpaired) electrons. The molecule has 5 heteroatoms. The number of nitrogens with one attached hydrogen (secondary N) is 1. The van der Waals surface area contributed by atoms with Crippen molar-refractivity contribution in [3.05, 3.63) is 17.5 Å². The van der Waals surface area contributed by atoms with Crippen molar-refractivity contribution in [1.29, 1.82) is 0 Å². The van der Waals surface area contributed by atoms with Gasteiger partial charge in [0, 0.05) is 20.2 Å². The second-order valence-corrected chi connectivity index (χ2v) is 2.19. The normalized spacial score (nSPS) is 9.83. The first-order chi connectivity index (χ1) is 5.77. The molecule has 5 nitrogen and oxygen atoms in total. The first-order valence-corrected chi connectivity index (χ1v) is 3.44. The number of carbonyl (C=O) groups is 1. The van der Waals surface area contributed by atoms with Gasteiger partial charge in [0.05, 0.1) is 0 Å². The van der Waals surface area contributed by atoms with E-state index >= 15 is 0 Å². The van der Waals surface area contributed by atoms with E-state index in [1.165, 1.54) is 7.05 Å². The Morgan fingerprint density at radius 2 is 2.58 bits per heavy atom. The lowest BCUT2D eigenvalue weighted by molar-refractivity contribution is 0.0953. The van der Waals surface area contributed by atoms with Gasteiger partial charge in [0.2, 0.25) is 0 Å². The zero-order chi connectivity index (χ0) is 8.97. The molecule has 0 saturated heterocycles. The molecule has 0 aliphatic rings. The van der Waals surface area contributed by atoms with Gasteiger partial charge in [-0.1, -0.05) is 5.16 Å². The van der Waals surface area contributed by atoms with Gasteiger partial charge in [0.1, 0.15) is 6.61 Å². The van der Waals surface area contributed by atoms with Crippen LogP contribution in [0.2, 0.25) is 0 Å². The monoisotopic (exact) mass is 170 g/mol. The molecule has 0 aliphatic carbocycles. The third-order valence-corrected chi connectivity index (χ3v) is 1.31. The Kier molecular flexibility index (Phi) is 2.82. The van der Waals surface area contributed by atoms with E-state index in [-0.39, 0.29) is 11.6 Å². The number of hydrogen-bond donors (Lipinski definition) is 1. The summed E-state index contributed by atoms with van der Waals surface area (Å²) >= 11 is 0. The van der Waals surface area contributed by atoms with Crippen LogP contribution in [0, 0.1) is 0 Å². The summed E-state index contributed by atoms with van der Waals surface area (Å²) in [4.78, 5) is 11.0. The molecule has 1 aromatic rings. The van der Waals surface area contributed by atoms with Crippen LogP contribution in [0.15, 0.2) is 10.6 Å². The van der Waals surface area contributed by atoms with E-state index in [2.05, 4.69) is 10.5 Å². The number of methoxy groups -OCH3 is 1. The second kappa shape index (κ2) is 3.87.